The van der Waals surface area contributed by atoms with Gasteiger partial charge < -0.3 is 47.7 Å². The van der Waals surface area contributed by atoms with Gasteiger partial charge in [0.25, 0.3) is 0 Å². The maximum Gasteiger partial charge on any atom is 0.407 e. The molecule has 16 nitrogen and oxygen atoms in total. The molecule has 4 aliphatic rings. The third kappa shape index (κ3) is 17.8. The highest BCUT2D eigenvalue weighted by molar-refractivity contribution is 5.89. The first kappa shape index (κ1) is 49.4. The monoisotopic (exact) mass is 875 g/mol. The van der Waals surface area contributed by atoms with Crippen molar-refractivity contribution in [3.05, 3.63) is 70.8 Å². The van der Waals surface area contributed by atoms with Crippen molar-refractivity contribution >= 4 is 29.7 Å². The van der Waals surface area contributed by atoms with E-state index < -0.39 is 23.8 Å². The van der Waals surface area contributed by atoms with Crippen molar-refractivity contribution in [2.24, 2.45) is 5.73 Å². The first-order valence-electron chi connectivity index (χ1n) is 23.2. The molecule has 0 radical (unpaired) electrons. The molecule has 0 saturated carbocycles. The smallest absolute Gasteiger partial charge is 0.407 e. The number of fused-ring (bicyclic) bond motifs is 2. The van der Waals surface area contributed by atoms with Crippen LogP contribution in [-0.2, 0) is 49.6 Å². The molecule has 6 rings (SSSR count). The van der Waals surface area contributed by atoms with Crippen molar-refractivity contribution in [2.45, 2.75) is 115 Å². The van der Waals surface area contributed by atoms with E-state index in [4.69, 9.17) is 10.5 Å². The lowest BCUT2D eigenvalue weighted by Crippen LogP contribution is -2.52. The van der Waals surface area contributed by atoms with E-state index in [1.165, 1.54) is 22.3 Å². The normalized spacial score (nSPS) is 18.2. The van der Waals surface area contributed by atoms with Gasteiger partial charge in [0.15, 0.2) is 0 Å². The van der Waals surface area contributed by atoms with Crippen LogP contribution in [0.2, 0.25) is 0 Å². The molecule has 348 valence electrons. The van der Waals surface area contributed by atoms with Crippen molar-refractivity contribution < 1.29 is 28.7 Å². The maximum absolute atomic E-state index is 13.2. The lowest BCUT2D eigenvalue weighted by Gasteiger charge is -2.24. The summed E-state index contributed by atoms with van der Waals surface area (Å²) in [7, 11) is 0. The maximum atomic E-state index is 13.2. The fourth-order valence-electron chi connectivity index (χ4n) is 8.60. The van der Waals surface area contributed by atoms with Crippen molar-refractivity contribution in [1.82, 2.24) is 47.0 Å². The molecule has 9 N–H and O–H groups in total. The van der Waals surface area contributed by atoms with Crippen LogP contribution in [0.5, 0.6) is 0 Å². The van der Waals surface area contributed by atoms with Gasteiger partial charge in [-0.2, -0.15) is 0 Å². The first-order valence-corrected chi connectivity index (χ1v) is 23.2. The van der Waals surface area contributed by atoms with Crippen LogP contribution in [0.1, 0.15) is 81.5 Å². The number of ether oxygens (including phenoxy) is 1. The summed E-state index contributed by atoms with van der Waals surface area (Å²) in [5.74, 6) is -0.515. The molecule has 16 heteroatoms. The topological polar surface area (TPSA) is 211 Å². The standard InChI is InChI=1S/C26H41N5O4.C21H33N5O2/c1-26(2,3)35-25(34)28-12-6-10-22(30-23(32)18-31-14-7-11-27-13-15-31)24(33)29-21-16-19-8-4-5-9-20(19)17-21;22-8-3-7-19(25-20(27)15-26-11-4-9-23-10-12-26)21(28)24-18-13-16-5-1-2-6-17(16)14-18/h4-5,8-9,21-22,27H,6-7,10-18H2,1-3H3,(H,28,34)(H,29,33)(H,30,32);1-2,5-6,18-19,23H,3-4,7-15,22H2,(H,24,28)(H,25,27)/t22-;19-/m11/s1. The van der Waals surface area contributed by atoms with Gasteiger partial charge in [-0.05, 0) is 140 Å². The molecule has 2 aliphatic heterocycles. The first-order chi connectivity index (χ1) is 30.3. The Balaban J connectivity index is 0.000000243. The lowest BCUT2D eigenvalue weighted by atomic mass is 10.1. The summed E-state index contributed by atoms with van der Waals surface area (Å²) in [6.07, 6.45) is 7.06. The van der Waals surface area contributed by atoms with Crippen molar-refractivity contribution in [1.29, 1.82) is 0 Å². The molecule has 0 bridgehead atoms. The van der Waals surface area contributed by atoms with Gasteiger partial charge in [0.2, 0.25) is 23.6 Å². The van der Waals surface area contributed by atoms with E-state index in [9.17, 15) is 24.0 Å². The van der Waals surface area contributed by atoms with Gasteiger partial charge in [0.05, 0.1) is 13.1 Å². The average molecular weight is 875 g/mol. The summed E-state index contributed by atoms with van der Waals surface area (Å²) in [5.41, 5.74) is 10.2. The third-order valence-electron chi connectivity index (χ3n) is 11.7. The van der Waals surface area contributed by atoms with Crippen LogP contribution in [0.25, 0.3) is 0 Å². The number of amides is 5. The van der Waals surface area contributed by atoms with Crippen LogP contribution in [-0.4, -0.2) is 148 Å². The van der Waals surface area contributed by atoms with Crippen molar-refractivity contribution in [2.75, 3.05) is 78.5 Å². The Morgan fingerprint density at radius 3 is 1.51 bits per heavy atom. The number of nitrogens with zero attached hydrogens (tertiary/aromatic N) is 2. The predicted octanol–water partition coefficient (Wildman–Crippen LogP) is 1.14. The second-order valence-corrected chi connectivity index (χ2v) is 18.3. The van der Waals surface area contributed by atoms with Gasteiger partial charge in [-0.1, -0.05) is 48.5 Å². The number of carbonyl (C=O) groups is 5. The highest BCUT2D eigenvalue weighted by atomic mass is 16.6. The highest BCUT2D eigenvalue weighted by Gasteiger charge is 2.29. The van der Waals surface area contributed by atoms with Gasteiger partial charge in [0.1, 0.15) is 17.7 Å². The molecule has 2 aromatic rings. The molecule has 0 spiro atoms. The molecule has 2 heterocycles. The van der Waals surface area contributed by atoms with Crippen LogP contribution < -0.4 is 43.0 Å². The van der Waals surface area contributed by atoms with Gasteiger partial charge in [-0.25, -0.2) is 4.79 Å². The molecule has 0 unspecified atom stereocenters. The molecular formula is C47H74N10O6. The number of benzene rings is 2. The quantitative estimate of drug-likeness (QED) is 0.106. The van der Waals surface area contributed by atoms with Crippen molar-refractivity contribution in [3.63, 3.8) is 0 Å². The minimum atomic E-state index is -0.656. The Bertz CT molecular complexity index is 1720. The van der Waals surface area contributed by atoms with Gasteiger partial charge in [-0.15, -0.1) is 0 Å². The Kier molecular flexibility index (Phi) is 20.1. The fourth-order valence-corrected chi connectivity index (χ4v) is 8.60. The average Bonchev–Trinajstić information content (AvgIpc) is 3.62. The molecule has 5 amide bonds. The Labute approximate surface area is 374 Å². The van der Waals surface area contributed by atoms with Crippen LogP contribution >= 0.6 is 0 Å². The summed E-state index contributed by atoms with van der Waals surface area (Å²) in [5, 5.41) is 21.6. The van der Waals surface area contributed by atoms with E-state index in [1.54, 1.807) is 0 Å². The van der Waals surface area contributed by atoms with Crippen LogP contribution in [0.3, 0.4) is 0 Å². The summed E-state index contributed by atoms with van der Waals surface area (Å²) in [6, 6.07) is 15.5. The van der Waals surface area contributed by atoms with E-state index in [-0.39, 0.29) is 42.3 Å². The highest BCUT2D eigenvalue weighted by Crippen LogP contribution is 2.23. The Hall–Kier alpha value is -4.61. The number of hydrogen-bond donors (Lipinski definition) is 8. The third-order valence-corrected chi connectivity index (χ3v) is 11.7. The van der Waals surface area contributed by atoms with Crippen LogP contribution in [0.4, 0.5) is 4.79 Å². The van der Waals surface area contributed by atoms with Gasteiger partial charge in [0, 0.05) is 44.8 Å². The zero-order valence-electron chi connectivity index (χ0n) is 37.9. The molecule has 0 aromatic heterocycles. The summed E-state index contributed by atoms with van der Waals surface area (Å²) < 4.78 is 5.26. The zero-order valence-corrected chi connectivity index (χ0v) is 37.9. The molecule has 2 aliphatic carbocycles. The number of carbonyl (C=O) groups excluding carboxylic acids is 5. The molecule has 2 atom stereocenters. The Morgan fingerprint density at radius 2 is 1.10 bits per heavy atom. The number of nitrogens with two attached hydrogens (primary N) is 1. The van der Waals surface area contributed by atoms with E-state index in [2.05, 4.69) is 71.3 Å². The van der Waals surface area contributed by atoms with E-state index in [0.29, 0.717) is 45.3 Å². The predicted molar refractivity (Wildman–Crippen MR) is 245 cm³/mol. The van der Waals surface area contributed by atoms with E-state index >= 15 is 0 Å². The minimum Gasteiger partial charge on any atom is -0.444 e. The van der Waals surface area contributed by atoms with Crippen LogP contribution in [0.15, 0.2) is 48.5 Å². The van der Waals surface area contributed by atoms with Crippen molar-refractivity contribution in [3.8, 4) is 0 Å². The van der Waals surface area contributed by atoms with Crippen LogP contribution in [0, 0.1) is 0 Å². The SMILES string of the molecule is CC(C)(C)OC(=O)NCCC[C@@H](NC(=O)CN1CCCNCC1)C(=O)NC1Cc2ccccc2C1.NCCC[C@@H](NC(=O)CN1CCCNCC1)C(=O)NC1Cc2ccccc2C1. The molecule has 2 fully saturated rings. The largest absolute Gasteiger partial charge is 0.444 e. The Morgan fingerprint density at radius 1 is 0.667 bits per heavy atom. The molecule has 2 aromatic carbocycles. The van der Waals surface area contributed by atoms with Gasteiger partial charge in [-0.3, -0.25) is 29.0 Å². The summed E-state index contributed by atoms with van der Waals surface area (Å²) in [4.78, 5) is 67.5. The minimum absolute atomic E-state index is 0.0240. The molecular weight excluding hydrogens is 801 g/mol. The van der Waals surface area contributed by atoms with Gasteiger partial charge >= 0.3 is 6.09 Å². The second-order valence-electron chi connectivity index (χ2n) is 18.3. The zero-order chi connectivity index (χ0) is 45.0. The fraction of sp³-hybridized carbons (Fsp3) is 0.638. The number of alkyl carbamates (subject to hydrolysis) is 1. The molecule has 63 heavy (non-hydrogen) atoms. The van der Waals surface area contributed by atoms with E-state index in [1.807, 2.05) is 45.0 Å². The number of rotatable bonds is 17. The lowest BCUT2D eigenvalue weighted by molar-refractivity contribution is -0.130. The summed E-state index contributed by atoms with van der Waals surface area (Å²) >= 11 is 0. The number of nitrogens with one attached hydrogen (secondary N) is 7. The molecule has 2 saturated heterocycles. The van der Waals surface area contributed by atoms with E-state index in [0.717, 1.165) is 90.9 Å². The summed E-state index contributed by atoms with van der Waals surface area (Å²) in [6.45, 7) is 14.0. The second kappa shape index (κ2) is 25.6. The number of hydrogen-bond acceptors (Lipinski definition) is 11.